The molecule has 3 aromatic rings. The van der Waals surface area contributed by atoms with Crippen molar-refractivity contribution in [2.45, 2.75) is 4.90 Å². The first-order valence-electron chi connectivity index (χ1n) is 7.74. The number of aromatic amines is 1. The summed E-state index contributed by atoms with van der Waals surface area (Å²) in [5.41, 5.74) is -0.717. The third kappa shape index (κ3) is 4.02. The quantitative estimate of drug-likeness (QED) is 0.242. The zero-order valence-electron chi connectivity index (χ0n) is 14.6. The van der Waals surface area contributed by atoms with Crippen molar-refractivity contribution in [3.8, 4) is 11.4 Å². The normalized spacial score (nSPS) is 11.1. The molecular weight excluding hydrogens is 408 g/mol. The van der Waals surface area contributed by atoms with Gasteiger partial charge >= 0.3 is 11.7 Å². The fraction of sp³-hybridized carbons (Fsp3) is 0.0667. The van der Waals surface area contributed by atoms with E-state index in [1.54, 1.807) is 30.3 Å². The van der Waals surface area contributed by atoms with Crippen molar-refractivity contribution < 1.29 is 32.1 Å². The number of hydrogen-bond donors (Lipinski definition) is 2. The number of nitrogens with zero attached hydrogens (tertiary/aromatic N) is 4. The van der Waals surface area contributed by atoms with Gasteiger partial charge in [0, 0.05) is 11.8 Å². The number of carbonyl (C=O) groups is 1. The van der Waals surface area contributed by atoms with Crippen LogP contribution in [-0.2, 0) is 10.1 Å². The number of nitrogens with one attached hydrogen (secondary N) is 2. The molecule has 0 radical (unpaired) electrons. The molecule has 1 amide bonds. The number of hydrogen-bond acceptors (Lipinski definition) is 9. The van der Waals surface area contributed by atoms with Gasteiger partial charge in [-0.05, 0) is 12.1 Å². The van der Waals surface area contributed by atoms with E-state index in [-0.39, 0.29) is 17.3 Å². The molecule has 0 unspecified atom stereocenters. The number of carbonyl (C=O) groups excluding carboxylic acids is 1. The van der Waals surface area contributed by atoms with E-state index in [9.17, 15) is 27.9 Å². The van der Waals surface area contributed by atoms with Gasteiger partial charge in [-0.3, -0.25) is 14.9 Å². The highest BCUT2D eigenvalue weighted by Crippen LogP contribution is 2.32. The van der Waals surface area contributed by atoms with Crippen LogP contribution in [0.1, 0.15) is 10.6 Å². The Kier molecular flexibility index (Phi) is 5.20. The summed E-state index contributed by atoms with van der Waals surface area (Å²) in [4.78, 5) is 21.6. The van der Waals surface area contributed by atoms with E-state index in [2.05, 4.69) is 20.8 Å². The Labute approximate surface area is 162 Å². The Balaban J connectivity index is 2.14. The van der Waals surface area contributed by atoms with Crippen LogP contribution in [-0.4, -0.2) is 46.4 Å². The summed E-state index contributed by atoms with van der Waals surface area (Å²) in [6.07, 6.45) is 0. The van der Waals surface area contributed by atoms with Gasteiger partial charge in [0.15, 0.2) is 16.7 Å². The first kappa shape index (κ1) is 19.8. The molecule has 0 spiro atoms. The number of nitro benzene ring substituents is 1. The zero-order valence-corrected chi connectivity index (χ0v) is 15.4. The van der Waals surface area contributed by atoms with Crippen molar-refractivity contribution in [3.05, 3.63) is 58.4 Å². The second kappa shape index (κ2) is 7.61. The average molecular weight is 420 g/mol. The largest absolute Gasteiger partial charge is 0.744 e. The van der Waals surface area contributed by atoms with Crippen LogP contribution in [0.2, 0.25) is 0 Å². The lowest BCUT2D eigenvalue weighted by Crippen LogP contribution is -2.41. The maximum absolute atomic E-state index is 12.5. The monoisotopic (exact) mass is 420 g/mol. The second-order valence-corrected chi connectivity index (χ2v) is 6.83. The molecule has 2 aromatic carbocycles. The molecular formula is C15H12N6O7S. The van der Waals surface area contributed by atoms with Crippen LogP contribution in [0.4, 0.5) is 11.4 Å². The molecule has 3 rings (SSSR count). The molecule has 2 N–H and O–H groups in total. The highest BCUT2D eigenvalue weighted by atomic mass is 32.2. The van der Waals surface area contributed by atoms with E-state index >= 15 is 0 Å². The second-order valence-electron chi connectivity index (χ2n) is 5.48. The zero-order chi connectivity index (χ0) is 21.2. The van der Waals surface area contributed by atoms with Crippen molar-refractivity contribution in [2.24, 2.45) is 0 Å². The molecule has 14 heteroatoms. The maximum Gasteiger partial charge on any atom is 0.395 e. The number of benzene rings is 2. The van der Waals surface area contributed by atoms with E-state index in [0.29, 0.717) is 11.8 Å². The minimum Gasteiger partial charge on any atom is -0.744 e. The van der Waals surface area contributed by atoms with Gasteiger partial charge in [0.25, 0.3) is 5.69 Å². The third-order valence-electron chi connectivity index (χ3n) is 3.70. The SMILES string of the molecule is COc1cc([N+](=O)[O-])c(S(=O)(=O)[O-])cc1-[n+]1[nH]nnc1C(=O)Nc1ccccc1. The molecule has 0 aliphatic rings. The number of amides is 1. The van der Waals surface area contributed by atoms with Gasteiger partial charge < -0.3 is 14.6 Å². The number of ether oxygens (including phenoxy) is 1. The van der Waals surface area contributed by atoms with Crippen LogP contribution in [0.3, 0.4) is 0 Å². The Hall–Kier alpha value is -3.91. The molecule has 0 saturated carbocycles. The van der Waals surface area contributed by atoms with Gasteiger partial charge in [0.2, 0.25) is 0 Å². The predicted molar refractivity (Wildman–Crippen MR) is 93.5 cm³/mol. The van der Waals surface area contributed by atoms with E-state index < -0.39 is 31.5 Å². The lowest BCUT2D eigenvalue weighted by molar-refractivity contribution is -0.662. The van der Waals surface area contributed by atoms with Crippen LogP contribution >= 0.6 is 0 Å². The molecule has 0 aliphatic carbocycles. The number of nitro groups is 1. The van der Waals surface area contributed by atoms with Crippen LogP contribution in [0, 0.1) is 10.1 Å². The van der Waals surface area contributed by atoms with Gasteiger partial charge in [-0.15, -0.1) is 4.68 Å². The summed E-state index contributed by atoms with van der Waals surface area (Å²) in [7, 11) is -4.05. The van der Waals surface area contributed by atoms with Crippen molar-refractivity contribution in [3.63, 3.8) is 0 Å². The smallest absolute Gasteiger partial charge is 0.395 e. The summed E-state index contributed by atoms with van der Waals surface area (Å²) >= 11 is 0. The Morgan fingerprint density at radius 2 is 1.97 bits per heavy atom. The van der Waals surface area contributed by atoms with Crippen LogP contribution in [0.15, 0.2) is 47.4 Å². The summed E-state index contributed by atoms with van der Waals surface area (Å²) in [6.45, 7) is 0. The number of tetrazole rings is 1. The predicted octanol–water partition coefficient (Wildman–Crippen LogP) is 0.155. The van der Waals surface area contributed by atoms with Gasteiger partial charge in [-0.25, -0.2) is 8.42 Å². The lowest BCUT2D eigenvalue weighted by atomic mass is 10.2. The van der Waals surface area contributed by atoms with Crippen molar-refractivity contribution in [2.75, 3.05) is 12.4 Å². The molecule has 0 atom stereocenters. The molecule has 29 heavy (non-hydrogen) atoms. The molecule has 0 aliphatic heterocycles. The summed E-state index contributed by atoms with van der Waals surface area (Å²) in [6, 6.07) is 9.84. The molecule has 0 saturated heterocycles. The highest BCUT2D eigenvalue weighted by molar-refractivity contribution is 7.85. The fourth-order valence-electron chi connectivity index (χ4n) is 2.45. The molecule has 1 heterocycles. The Bertz CT molecular complexity index is 1190. The van der Waals surface area contributed by atoms with Gasteiger partial charge in [-0.1, -0.05) is 23.4 Å². The summed E-state index contributed by atoms with van der Waals surface area (Å²) in [5.74, 6) is -1.25. The van der Waals surface area contributed by atoms with E-state index in [1.807, 2.05) is 0 Å². The van der Waals surface area contributed by atoms with Crippen LogP contribution in [0.5, 0.6) is 5.75 Å². The van der Waals surface area contributed by atoms with E-state index in [4.69, 9.17) is 4.74 Å². The lowest BCUT2D eigenvalue weighted by Gasteiger charge is -2.12. The first-order valence-corrected chi connectivity index (χ1v) is 9.15. The van der Waals surface area contributed by atoms with Crippen LogP contribution in [0.25, 0.3) is 5.69 Å². The summed E-state index contributed by atoms with van der Waals surface area (Å²) in [5, 5.41) is 23.2. The topological polar surface area (TPSA) is 184 Å². The number of anilines is 1. The number of H-pyrrole nitrogens is 1. The average Bonchev–Trinajstić information content (AvgIpc) is 3.16. The number of aromatic nitrogens is 4. The standard InChI is InChI=1S/C15H12N6O7S/c1-28-12-7-11(21(23)24)13(29(25,26)27)8-10(12)20-14(17-18-19-20)15(22)16-9-5-3-2-4-6-9/h2-8H,1H3,(H2,16,22,25,26,27). The molecule has 150 valence electrons. The van der Waals surface area contributed by atoms with E-state index in [0.717, 1.165) is 10.7 Å². The summed E-state index contributed by atoms with van der Waals surface area (Å²) < 4.78 is 40.5. The number of rotatable bonds is 6. The Morgan fingerprint density at radius 1 is 1.28 bits per heavy atom. The molecule has 13 nitrogen and oxygen atoms in total. The molecule has 0 bridgehead atoms. The van der Waals surface area contributed by atoms with E-state index in [1.165, 1.54) is 7.11 Å². The maximum atomic E-state index is 12.5. The molecule has 0 fully saturated rings. The van der Waals surface area contributed by atoms with Crippen molar-refractivity contribution >= 4 is 27.4 Å². The van der Waals surface area contributed by atoms with Crippen LogP contribution < -0.4 is 14.7 Å². The fourth-order valence-corrected chi connectivity index (χ4v) is 3.10. The van der Waals surface area contributed by atoms with Gasteiger partial charge in [0.05, 0.1) is 18.1 Å². The Morgan fingerprint density at radius 3 is 2.55 bits per heavy atom. The number of para-hydroxylation sites is 1. The van der Waals surface area contributed by atoms with Crippen molar-refractivity contribution in [1.82, 2.24) is 15.5 Å². The van der Waals surface area contributed by atoms with Crippen molar-refractivity contribution in [1.29, 1.82) is 0 Å². The third-order valence-corrected chi connectivity index (χ3v) is 4.57. The van der Waals surface area contributed by atoms with Gasteiger partial charge in [0.1, 0.15) is 20.1 Å². The number of methoxy groups -OCH3 is 1. The minimum atomic E-state index is -5.21. The van der Waals surface area contributed by atoms with Gasteiger partial charge in [-0.2, -0.15) is 0 Å². The highest BCUT2D eigenvalue weighted by Gasteiger charge is 2.31. The first-order chi connectivity index (χ1) is 13.7. The minimum absolute atomic E-state index is 0.198. The molecule has 1 aromatic heterocycles.